The summed E-state index contributed by atoms with van der Waals surface area (Å²) in [7, 11) is 0. The second-order valence-corrected chi connectivity index (χ2v) is 8.91. The van der Waals surface area contributed by atoms with Crippen molar-refractivity contribution in [3.63, 3.8) is 0 Å². The van der Waals surface area contributed by atoms with Crippen molar-refractivity contribution in [1.82, 2.24) is 4.90 Å². The van der Waals surface area contributed by atoms with Crippen LogP contribution in [0.4, 0.5) is 0 Å². The van der Waals surface area contributed by atoms with Crippen LogP contribution in [0.5, 0.6) is 0 Å². The van der Waals surface area contributed by atoms with Crippen LogP contribution in [-0.2, 0) is 9.47 Å². The minimum atomic E-state index is -0.255. The third-order valence-electron chi connectivity index (χ3n) is 6.05. The van der Waals surface area contributed by atoms with E-state index in [1.165, 1.54) is 25.7 Å². The van der Waals surface area contributed by atoms with E-state index in [2.05, 4.69) is 32.3 Å². The summed E-state index contributed by atoms with van der Waals surface area (Å²) in [4.78, 5) is 2.55. The summed E-state index contributed by atoms with van der Waals surface area (Å²) in [5.41, 5.74) is 0.412. The molecule has 0 amide bonds. The highest BCUT2D eigenvalue weighted by atomic mass is 16.7. The van der Waals surface area contributed by atoms with Crippen molar-refractivity contribution in [3.8, 4) is 0 Å². The molecule has 0 radical (unpaired) electrons. The first-order valence-corrected chi connectivity index (χ1v) is 9.59. The van der Waals surface area contributed by atoms with Gasteiger partial charge in [-0.25, -0.2) is 0 Å². The first-order valence-electron chi connectivity index (χ1n) is 9.59. The van der Waals surface area contributed by atoms with Gasteiger partial charge < -0.3 is 9.47 Å². The van der Waals surface area contributed by atoms with Gasteiger partial charge in [-0.15, -0.1) is 6.58 Å². The molecular formula is C20H35NO2. The zero-order chi connectivity index (χ0) is 16.5. The molecule has 3 heteroatoms. The van der Waals surface area contributed by atoms with Gasteiger partial charge in [0, 0.05) is 32.0 Å². The Morgan fingerprint density at radius 2 is 1.87 bits per heavy atom. The number of hydrogen-bond donors (Lipinski definition) is 0. The molecule has 0 aromatic carbocycles. The van der Waals surface area contributed by atoms with E-state index in [0.717, 1.165) is 50.9 Å². The SMILES string of the molecule is C=CCN(CCC1COC2(CCC(C(C)(C)C)CC2)O1)C1CC1. The average molecular weight is 322 g/mol. The van der Waals surface area contributed by atoms with Gasteiger partial charge in [0.15, 0.2) is 5.79 Å². The summed E-state index contributed by atoms with van der Waals surface area (Å²) in [5, 5.41) is 0. The topological polar surface area (TPSA) is 21.7 Å². The van der Waals surface area contributed by atoms with Crippen LogP contribution < -0.4 is 0 Å². The highest BCUT2D eigenvalue weighted by Crippen LogP contribution is 2.45. The van der Waals surface area contributed by atoms with Gasteiger partial charge in [0.25, 0.3) is 0 Å². The highest BCUT2D eigenvalue weighted by Gasteiger charge is 2.45. The second kappa shape index (κ2) is 6.85. The highest BCUT2D eigenvalue weighted by molar-refractivity contribution is 4.91. The van der Waals surface area contributed by atoms with E-state index in [-0.39, 0.29) is 11.9 Å². The Balaban J connectivity index is 1.44. The van der Waals surface area contributed by atoms with Crippen LogP contribution >= 0.6 is 0 Å². The average Bonchev–Trinajstić information content (AvgIpc) is 3.27. The van der Waals surface area contributed by atoms with Gasteiger partial charge in [-0.2, -0.15) is 0 Å². The molecule has 2 saturated carbocycles. The van der Waals surface area contributed by atoms with E-state index in [0.29, 0.717) is 5.41 Å². The number of nitrogens with zero attached hydrogens (tertiary/aromatic N) is 1. The third kappa shape index (κ3) is 4.37. The van der Waals surface area contributed by atoms with Crippen LogP contribution in [0.15, 0.2) is 12.7 Å². The summed E-state index contributed by atoms with van der Waals surface area (Å²) in [6.45, 7) is 13.9. The standard InChI is InChI=1S/C20H35NO2/c1-5-13-21(17-6-7-17)14-10-18-15-22-20(23-18)11-8-16(9-12-20)19(2,3)4/h5,16-18H,1,6-15H2,2-4H3. The molecule has 2 aliphatic carbocycles. The molecular weight excluding hydrogens is 286 g/mol. The molecule has 1 spiro atoms. The molecule has 1 saturated heterocycles. The van der Waals surface area contributed by atoms with Crippen LogP contribution in [0, 0.1) is 11.3 Å². The molecule has 3 nitrogen and oxygen atoms in total. The van der Waals surface area contributed by atoms with Gasteiger partial charge in [-0.05, 0) is 43.4 Å². The maximum absolute atomic E-state index is 6.40. The number of ether oxygens (including phenoxy) is 2. The molecule has 1 atom stereocenters. The smallest absolute Gasteiger partial charge is 0.168 e. The Kier molecular flexibility index (Phi) is 5.20. The predicted octanol–water partition coefficient (Wildman–Crippen LogP) is 4.37. The predicted molar refractivity (Wildman–Crippen MR) is 94.4 cm³/mol. The molecule has 0 bridgehead atoms. The van der Waals surface area contributed by atoms with Crippen molar-refractivity contribution >= 4 is 0 Å². The fourth-order valence-corrected chi connectivity index (χ4v) is 4.28. The van der Waals surface area contributed by atoms with Crippen molar-refractivity contribution in [3.05, 3.63) is 12.7 Å². The lowest BCUT2D eigenvalue weighted by atomic mass is 9.71. The summed E-state index contributed by atoms with van der Waals surface area (Å²) in [5.74, 6) is 0.548. The van der Waals surface area contributed by atoms with Crippen LogP contribution in [0.1, 0.15) is 65.7 Å². The van der Waals surface area contributed by atoms with Crippen molar-refractivity contribution in [2.45, 2.75) is 83.6 Å². The van der Waals surface area contributed by atoms with Gasteiger partial charge in [0.2, 0.25) is 0 Å². The molecule has 23 heavy (non-hydrogen) atoms. The van der Waals surface area contributed by atoms with Crippen molar-refractivity contribution in [2.24, 2.45) is 11.3 Å². The third-order valence-corrected chi connectivity index (χ3v) is 6.05. The maximum atomic E-state index is 6.40. The van der Waals surface area contributed by atoms with Crippen molar-refractivity contribution in [2.75, 3.05) is 19.7 Å². The summed E-state index contributed by atoms with van der Waals surface area (Å²) in [6, 6.07) is 0.798. The Hall–Kier alpha value is -0.380. The van der Waals surface area contributed by atoms with E-state index in [4.69, 9.17) is 9.47 Å². The Bertz CT molecular complexity index is 402. The Labute approximate surface area is 142 Å². The summed E-state index contributed by atoms with van der Waals surface area (Å²) >= 11 is 0. The largest absolute Gasteiger partial charge is 0.347 e. The van der Waals surface area contributed by atoms with Gasteiger partial charge in [0.1, 0.15) is 0 Å². The summed E-state index contributed by atoms with van der Waals surface area (Å²) in [6.07, 6.45) is 10.7. The van der Waals surface area contributed by atoms with E-state index in [9.17, 15) is 0 Å². The molecule has 1 unspecified atom stereocenters. The normalized spacial score (nSPS) is 35.1. The second-order valence-electron chi connectivity index (χ2n) is 8.91. The minimum Gasteiger partial charge on any atom is -0.347 e. The van der Waals surface area contributed by atoms with E-state index < -0.39 is 0 Å². The molecule has 1 aliphatic heterocycles. The molecule has 3 rings (SSSR count). The van der Waals surface area contributed by atoms with Crippen molar-refractivity contribution in [1.29, 1.82) is 0 Å². The maximum Gasteiger partial charge on any atom is 0.168 e. The first kappa shape index (κ1) is 17.4. The van der Waals surface area contributed by atoms with Crippen molar-refractivity contribution < 1.29 is 9.47 Å². The van der Waals surface area contributed by atoms with Gasteiger partial charge in [-0.3, -0.25) is 4.90 Å². The van der Waals surface area contributed by atoms with E-state index >= 15 is 0 Å². The van der Waals surface area contributed by atoms with E-state index in [1.54, 1.807) is 0 Å². The number of hydrogen-bond acceptors (Lipinski definition) is 3. The van der Waals surface area contributed by atoms with Crippen LogP contribution in [-0.4, -0.2) is 42.5 Å². The monoisotopic (exact) mass is 321 g/mol. The van der Waals surface area contributed by atoms with Crippen LogP contribution in [0.25, 0.3) is 0 Å². The van der Waals surface area contributed by atoms with Crippen LogP contribution in [0.2, 0.25) is 0 Å². The van der Waals surface area contributed by atoms with Crippen LogP contribution in [0.3, 0.4) is 0 Å². The molecule has 3 aliphatic rings. The van der Waals surface area contributed by atoms with E-state index in [1.807, 2.05) is 6.08 Å². The molecule has 3 fully saturated rings. The lowest BCUT2D eigenvalue weighted by Crippen LogP contribution is -2.39. The molecule has 0 aromatic rings. The molecule has 1 heterocycles. The van der Waals surface area contributed by atoms with Gasteiger partial charge in [0.05, 0.1) is 12.7 Å². The molecule has 0 N–H and O–H groups in total. The van der Waals surface area contributed by atoms with Gasteiger partial charge in [-0.1, -0.05) is 26.8 Å². The lowest BCUT2D eigenvalue weighted by Gasteiger charge is -2.41. The lowest BCUT2D eigenvalue weighted by molar-refractivity contribution is -0.197. The molecule has 0 aromatic heterocycles. The zero-order valence-corrected chi connectivity index (χ0v) is 15.4. The zero-order valence-electron chi connectivity index (χ0n) is 15.4. The fourth-order valence-electron chi connectivity index (χ4n) is 4.28. The Morgan fingerprint density at radius 3 is 2.43 bits per heavy atom. The summed E-state index contributed by atoms with van der Waals surface area (Å²) < 4.78 is 12.6. The fraction of sp³-hybridized carbons (Fsp3) is 0.900. The minimum absolute atomic E-state index is 0.255. The van der Waals surface area contributed by atoms with Gasteiger partial charge >= 0.3 is 0 Å². The number of rotatable bonds is 6. The quantitative estimate of drug-likeness (QED) is 0.678. The molecule has 132 valence electrons. The first-order chi connectivity index (χ1) is 10.9. The Morgan fingerprint density at radius 1 is 1.17 bits per heavy atom.